The smallest absolute Gasteiger partial charge is 0.268 e. The fourth-order valence-electron chi connectivity index (χ4n) is 2.02. The van der Waals surface area contributed by atoms with E-state index in [0.29, 0.717) is 5.02 Å². The Morgan fingerprint density at radius 3 is 2.38 bits per heavy atom. The van der Waals surface area contributed by atoms with Crippen LogP contribution in [0.1, 0.15) is 21.6 Å². The van der Waals surface area contributed by atoms with E-state index >= 15 is 0 Å². The van der Waals surface area contributed by atoms with E-state index in [2.05, 4.69) is 4.98 Å². The lowest BCUT2D eigenvalue weighted by Crippen LogP contribution is -2.41. The van der Waals surface area contributed by atoms with Gasteiger partial charge in [0.2, 0.25) is 0 Å². The van der Waals surface area contributed by atoms with E-state index in [1.807, 2.05) is 12.1 Å². The molecule has 2 rings (SSSR count). The molecule has 0 N–H and O–H groups in total. The van der Waals surface area contributed by atoms with Gasteiger partial charge in [0, 0.05) is 25.3 Å². The van der Waals surface area contributed by atoms with Crippen LogP contribution in [0.5, 0.6) is 0 Å². The first kappa shape index (κ1) is 18.6. The molecule has 1 aromatic heterocycles. The molecule has 1 amide bonds. The fourth-order valence-corrected chi connectivity index (χ4v) is 2.33. The Kier molecular flexibility index (Phi) is 5.74. The number of alkyl halides is 3. The molecule has 0 aliphatic carbocycles. The van der Waals surface area contributed by atoms with Gasteiger partial charge in [0.05, 0.1) is 12.1 Å². The average molecular weight is 374 g/mol. The van der Waals surface area contributed by atoms with Crippen LogP contribution in [0.4, 0.5) is 8.78 Å². The topological polar surface area (TPSA) is 36.4 Å². The normalized spacial score (nSPS) is 11.6. The third-order valence-electron chi connectivity index (χ3n) is 3.30. The Labute approximate surface area is 148 Å². The maximum Gasteiger partial charge on any atom is 0.364 e. The van der Waals surface area contributed by atoms with Crippen LogP contribution >= 0.6 is 23.2 Å². The predicted octanol–water partition coefficient (Wildman–Crippen LogP) is 4.14. The maximum absolute atomic E-state index is 13.0. The lowest BCUT2D eigenvalue weighted by atomic mass is 10.2. The summed E-state index contributed by atoms with van der Waals surface area (Å²) in [6.07, 6.45) is 1.08. The SMILES string of the molecule is CN(C)N(Cc1ccccc1Cl)C(=O)c1ccc(C(F)(F)Cl)nc1. The number of rotatable bonds is 5. The monoisotopic (exact) mass is 373 g/mol. The Bertz CT molecular complexity index is 718. The molecule has 0 saturated carbocycles. The van der Waals surface area contributed by atoms with Crippen LogP contribution in [-0.4, -0.2) is 35.0 Å². The lowest BCUT2D eigenvalue weighted by molar-refractivity contribution is 0.0154. The third-order valence-corrected chi connectivity index (χ3v) is 3.86. The molecular weight excluding hydrogens is 359 g/mol. The van der Waals surface area contributed by atoms with Gasteiger partial charge in [-0.2, -0.15) is 8.78 Å². The molecule has 0 aliphatic rings. The van der Waals surface area contributed by atoms with Gasteiger partial charge < -0.3 is 0 Å². The molecule has 2 aromatic rings. The van der Waals surface area contributed by atoms with E-state index < -0.39 is 17.0 Å². The van der Waals surface area contributed by atoms with Crippen molar-refractivity contribution in [2.75, 3.05) is 14.1 Å². The molecule has 4 nitrogen and oxygen atoms in total. The van der Waals surface area contributed by atoms with Crippen LogP contribution in [-0.2, 0) is 11.9 Å². The lowest BCUT2D eigenvalue weighted by Gasteiger charge is -2.29. The van der Waals surface area contributed by atoms with Gasteiger partial charge in [0.15, 0.2) is 0 Å². The zero-order valence-corrected chi connectivity index (χ0v) is 14.5. The Morgan fingerprint density at radius 1 is 1.21 bits per heavy atom. The molecule has 0 radical (unpaired) electrons. The molecule has 8 heteroatoms. The summed E-state index contributed by atoms with van der Waals surface area (Å²) in [7, 11) is 3.40. The van der Waals surface area contributed by atoms with E-state index in [-0.39, 0.29) is 12.1 Å². The van der Waals surface area contributed by atoms with Gasteiger partial charge in [-0.1, -0.05) is 29.8 Å². The quantitative estimate of drug-likeness (QED) is 0.583. The van der Waals surface area contributed by atoms with Crippen LogP contribution in [0, 0.1) is 0 Å². The minimum Gasteiger partial charge on any atom is -0.268 e. The predicted molar refractivity (Wildman–Crippen MR) is 89.0 cm³/mol. The van der Waals surface area contributed by atoms with Crippen molar-refractivity contribution < 1.29 is 13.6 Å². The van der Waals surface area contributed by atoms with Gasteiger partial charge in [-0.05, 0) is 35.4 Å². The van der Waals surface area contributed by atoms with E-state index in [1.165, 1.54) is 11.1 Å². The second-order valence-electron chi connectivity index (χ2n) is 5.23. The summed E-state index contributed by atoms with van der Waals surface area (Å²) in [4.78, 5) is 16.2. The van der Waals surface area contributed by atoms with E-state index in [4.69, 9.17) is 23.2 Å². The van der Waals surface area contributed by atoms with Crippen molar-refractivity contribution >= 4 is 29.1 Å². The van der Waals surface area contributed by atoms with Crippen LogP contribution in [0.3, 0.4) is 0 Å². The summed E-state index contributed by atoms with van der Waals surface area (Å²) in [6, 6.07) is 9.45. The number of benzene rings is 1. The number of amides is 1. The molecule has 0 unspecified atom stereocenters. The summed E-state index contributed by atoms with van der Waals surface area (Å²) in [5, 5.41) is -0.0141. The summed E-state index contributed by atoms with van der Waals surface area (Å²) in [6.45, 7) is 0.235. The standard InChI is InChI=1S/C16H15Cl2F2N3O/c1-22(2)23(10-12-5-3-4-6-13(12)17)15(24)11-7-8-14(21-9-11)16(18,19)20/h3-9H,10H2,1-2H3. The van der Waals surface area contributed by atoms with E-state index in [1.54, 1.807) is 31.2 Å². The number of aromatic nitrogens is 1. The van der Waals surface area contributed by atoms with E-state index in [0.717, 1.165) is 17.8 Å². The molecule has 0 saturated heterocycles. The van der Waals surface area contributed by atoms with Gasteiger partial charge in [-0.15, -0.1) is 0 Å². The van der Waals surface area contributed by atoms with Crippen molar-refractivity contribution in [2.45, 2.75) is 11.9 Å². The molecule has 128 valence electrons. The van der Waals surface area contributed by atoms with Crippen LogP contribution in [0.25, 0.3) is 0 Å². The minimum absolute atomic E-state index is 0.167. The Morgan fingerprint density at radius 2 is 1.88 bits per heavy atom. The van der Waals surface area contributed by atoms with Crippen LogP contribution < -0.4 is 0 Å². The molecule has 1 aromatic carbocycles. The van der Waals surface area contributed by atoms with Gasteiger partial charge in [0.1, 0.15) is 5.69 Å². The molecule has 0 spiro atoms. The van der Waals surface area contributed by atoms with Gasteiger partial charge in [0.25, 0.3) is 5.91 Å². The highest BCUT2D eigenvalue weighted by Crippen LogP contribution is 2.30. The van der Waals surface area contributed by atoms with Crippen LogP contribution in [0.2, 0.25) is 5.02 Å². The Hall–Kier alpha value is -1.76. The summed E-state index contributed by atoms with van der Waals surface area (Å²) < 4.78 is 26.0. The second-order valence-corrected chi connectivity index (χ2v) is 6.11. The number of hydrazine groups is 1. The zero-order chi connectivity index (χ0) is 17.9. The molecule has 24 heavy (non-hydrogen) atoms. The first-order valence-corrected chi connectivity index (χ1v) is 7.71. The number of halogens is 4. The maximum atomic E-state index is 13.0. The van der Waals surface area contributed by atoms with E-state index in [9.17, 15) is 13.6 Å². The minimum atomic E-state index is -3.57. The number of pyridine rings is 1. The largest absolute Gasteiger partial charge is 0.364 e. The summed E-state index contributed by atoms with van der Waals surface area (Å²) in [5.41, 5.74) is 0.321. The zero-order valence-electron chi connectivity index (χ0n) is 13.0. The van der Waals surface area contributed by atoms with Crippen molar-refractivity contribution in [1.29, 1.82) is 0 Å². The fraction of sp³-hybridized carbons (Fsp3) is 0.250. The first-order chi connectivity index (χ1) is 11.2. The number of nitrogens with zero attached hydrogens (tertiary/aromatic N) is 3. The average Bonchev–Trinajstić information content (AvgIpc) is 2.52. The van der Waals surface area contributed by atoms with Crippen molar-refractivity contribution in [3.8, 4) is 0 Å². The Balaban J connectivity index is 2.25. The number of carbonyl (C=O) groups excluding carboxylic acids is 1. The highest BCUT2D eigenvalue weighted by molar-refractivity contribution is 6.31. The summed E-state index contributed by atoms with van der Waals surface area (Å²) >= 11 is 11.0. The van der Waals surface area contributed by atoms with Crippen molar-refractivity contribution in [1.82, 2.24) is 15.0 Å². The molecule has 0 atom stereocenters. The van der Waals surface area contributed by atoms with Gasteiger partial charge >= 0.3 is 5.38 Å². The second kappa shape index (κ2) is 7.42. The molecule has 0 bridgehead atoms. The number of carbonyl (C=O) groups is 1. The van der Waals surface area contributed by atoms with Crippen molar-refractivity contribution in [3.05, 3.63) is 64.4 Å². The van der Waals surface area contributed by atoms with Gasteiger partial charge in [-0.25, -0.2) is 5.01 Å². The van der Waals surface area contributed by atoms with Gasteiger partial charge in [-0.3, -0.25) is 14.8 Å². The third kappa shape index (κ3) is 4.41. The number of hydrogen-bond acceptors (Lipinski definition) is 3. The molecule has 1 heterocycles. The molecule has 0 aliphatic heterocycles. The van der Waals surface area contributed by atoms with Crippen molar-refractivity contribution in [3.63, 3.8) is 0 Å². The van der Waals surface area contributed by atoms with Crippen LogP contribution in [0.15, 0.2) is 42.6 Å². The highest BCUT2D eigenvalue weighted by Gasteiger charge is 2.30. The van der Waals surface area contributed by atoms with Crippen molar-refractivity contribution in [2.24, 2.45) is 0 Å². The molecular formula is C16H15Cl2F2N3O. The number of hydrogen-bond donors (Lipinski definition) is 0. The first-order valence-electron chi connectivity index (χ1n) is 6.96. The highest BCUT2D eigenvalue weighted by atomic mass is 35.5. The summed E-state index contributed by atoms with van der Waals surface area (Å²) in [5.74, 6) is -0.392. The molecule has 0 fully saturated rings.